The van der Waals surface area contributed by atoms with Crippen molar-refractivity contribution < 1.29 is 9.13 Å². The Labute approximate surface area is 120 Å². The molecule has 100 valence electrons. The number of nitrogens with two attached hydrogens (primary N) is 1. The smallest absolute Gasteiger partial charge is 0.124 e. The average molecular weight is 324 g/mol. The van der Waals surface area contributed by atoms with Gasteiger partial charge in [-0.05, 0) is 36.8 Å². The number of ether oxygens (including phenoxy) is 1. The molecule has 2 N–H and O–H groups in total. The molecule has 2 nitrogen and oxygen atoms in total. The number of rotatable bonds is 4. The zero-order chi connectivity index (χ0) is 13.8. The monoisotopic (exact) mass is 323 g/mol. The fraction of sp³-hybridized carbons (Fsp3) is 0.200. The summed E-state index contributed by atoms with van der Waals surface area (Å²) in [6, 6.07) is 11.6. The lowest BCUT2D eigenvalue weighted by Crippen LogP contribution is -2.14. The summed E-state index contributed by atoms with van der Waals surface area (Å²) in [5.41, 5.74) is 7.78. The van der Waals surface area contributed by atoms with Gasteiger partial charge >= 0.3 is 0 Å². The number of hydrogen-bond acceptors (Lipinski definition) is 2. The van der Waals surface area contributed by atoms with Gasteiger partial charge in [0, 0.05) is 10.0 Å². The van der Waals surface area contributed by atoms with E-state index in [-0.39, 0.29) is 5.82 Å². The molecule has 2 aromatic rings. The Morgan fingerprint density at radius 3 is 2.68 bits per heavy atom. The Morgan fingerprint density at radius 1 is 1.21 bits per heavy atom. The van der Waals surface area contributed by atoms with Gasteiger partial charge in [0.2, 0.25) is 0 Å². The lowest BCUT2D eigenvalue weighted by atomic mass is 9.98. The summed E-state index contributed by atoms with van der Waals surface area (Å²) in [7, 11) is 0. The van der Waals surface area contributed by atoms with Crippen LogP contribution in [-0.2, 0) is 0 Å². The fourth-order valence-corrected chi connectivity index (χ4v) is 2.44. The number of halogens is 2. The Hall–Kier alpha value is -1.39. The minimum absolute atomic E-state index is 0.303. The van der Waals surface area contributed by atoms with E-state index in [1.165, 1.54) is 12.1 Å². The topological polar surface area (TPSA) is 35.2 Å². The molecule has 19 heavy (non-hydrogen) atoms. The van der Waals surface area contributed by atoms with Crippen molar-refractivity contribution in [2.45, 2.75) is 13.0 Å². The van der Waals surface area contributed by atoms with Crippen molar-refractivity contribution in [3.8, 4) is 5.75 Å². The minimum atomic E-state index is -0.437. The zero-order valence-electron chi connectivity index (χ0n) is 10.6. The summed E-state index contributed by atoms with van der Waals surface area (Å²) in [5.74, 6) is 0.427. The van der Waals surface area contributed by atoms with Gasteiger partial charge in [0.15, 0.2) is 0 Å². The summed E-state index contributed by atoms with van der Waals surface area (Å²) in [5, 5.41) is 0. The van der Waals surface area contributed by atoms with E-state index in [2.05, 4.69) is 15.9 Å². The second kappa shape index (κ2) is 6.17. The molecule has 1 atom stereocenters. The van der Waals surface area contributed by atoms with E-state index in [9.17, 15) is 4.39 Å². The second-order valence-corrected chi connectivity index (χ2v) is 4.97. The lowest BCUT2D eigenvalue weighted by Gasteiger charge is -2.18. The molecule has 0 aliphatic carbocycles. The molecular weight excluding hydrogens is 309 g/mol. The highest BCUT2D eigenvalue weighted by Crippen LogP contribution is 2.32. The van der Waals surface area contributed by atoms with Gasteiger partial charge in [0.05, 0.1) is 12.6 Å². The molecule has 0 aliphatic rings. The normalized spacial score (nSPS) is 12.2. The van der Waals surface area contributed by atoms with Crippen molar-refractivity contribution >= 4 is 15.9 Å². The lowest BCUT2D eigenvalue weighted by molar-refractivity contribution is 0.335. The molecule has 0 radical (unpaired) electrons. The van der Waals surface area contributed by atoms with Crippen LogP contribution in [0.1, 0.15) is 24.1 Å². The number of benzene rings is 2. The first-order valence-electron chi connectivity index (χ1n) is 6.05. The highest BCUT2D eigenvalue weighted by molar-refractivity contribution is 9.10. The molecule has 0 spiro atoms. The van der Waals surface area contributed by atoms with Crippen molar-refractivity contribution in [1.82, 2.24) is 0 Å². The first kappa shape index (κ1) is 14.0. The van der Waals surface area contributed by atoms with Crippen molar-refractivity contribution in [3.05, 3.63) is 63.9 Å². The molecule has 0 heterocycles. The molecule has 0 aromatic heterocycles. The van der Waals surface area contributed by atoms with Gasteiger partial charge in [-0.2, -0.15) is 0 Å². The average Bonchev–Trinajstić information content (AvgIpc) is 2.42. The molecule has 2 rings (SSSR count). The maximum atomic E-state index is 13.4. The highest BCUT2D eigenvalue weighted by Gasteiger charge is 2.16. The molecular formula is C15H15BrFNO. The van der Waals surface area contributed by atoms with Gasteiger partial charge in [0.25, 0.3) is 0 Å². The van der Waals surface area contributed by atoms with Gasteiger partial charge in [0.1, 0.15) is 11.6 Å². The number of hydrogen-bond donors (Lipinski definition) is 1. The molecule has 1 unspecified atom stereocenters. The van der Waals surface area contributed by atoms with E-state index < -0.39 is 6.04 Å². The highest BCUT2D eigenvalue weighted by atomic mass is 79.9. The zero-order valence-corrected chi connectivity index (χ0v) is 12.2. The SMILES string of the molecule is CCOc1ccccc1C(N)c1cc(F)ccc1Br. The van der Waals surface area contributed by atoms with Crippen LogP contribution in [0.4, 0.5) is 4.39 Å². The molecule has 4 heteroatoms. The van der Waals surface area contributed by atoms with E-state index in [0.29, 0.717) is 12.2 Å². The van der Waals surface area contributed by atoms with Crippen molar-refractivity contribution in [2.24, 2.45) is 5.73 Å². The molecule has 0 amide bonds. The summed E-state index contributed by atoms with van der Waals surface area (Å²) in [4.78, 5) is 0. The number of para-hydroxylation sites is 1. The Morgan fingerprint density at radius 2 is 1.95 bits per heavy atom. The van der Waals surface area contributed by atoms with E-state index in [1.807, 2.05) is 31.2 Å². The van der Waals surface area contributed by atoms with Gasteiger partial charge in [-0.1, -0.05) is 34.1 Å². The molecule has 2 aromatic carbocycles. The van der Waals surface area contributed by atoms with E-state index in [4.69, 9.17) is 10.5 Å². The maximum Gasteiger partial charge on any atom is 0.124 e. The van der Waals surface area contributed by atoms with Crippen LogP contribution < -0.4 is 10.5 Å². The Kier molecular flexibility index (Phi) is 4.56. The summed E-state index contributed by atoms with van der Waals surface area (Å²) >= 11 is 3.40. The first-order chi connectivity index (χ1) is 9.13. The molecule has 0 aliphatic heterocycles. The first-order valence-corrected chi connectivity index (χ1v) is 6.85. The van der Waals surface area contributed by atoms with Crippen molar-refractivity contribution in [2.75, 3.05) is 6.61 Å². The van der Waals surface area contributed by atoms with Crippen LogP contribution in [0.5, 0.6) is 5.75 Å². The molecule has 0 bridgehead atoms. The molecule has 0 fully saturated rings. The second-order valence-electron chi connectivity index (χ2n) is 4.11. The molecule has 0 saturated heterocycles. The Balaban J connectivity index is 2.43. The van der Waals surface area contributed by atoms with Crippen LogP contribution in [0.15, 0.2) is 46.9 Å². The third-order valence-electron chi connectivity index (χ3n) is 2.85. The van der Waals surface area contributed by atoms with Gasteiger partial charge in [-0.3, -0.25) is 0 Å². The van der Waals surface area contributed by atoms with Gasteiger partial charge < -0.3 is 10.5 Å². The third-order valence-corrected chi connectivity index (χ3v) is 3.57. The van der Waals surface area contributed by atoms with Crippen LogP contribution in [0.2, 0.25) is 0 Å². The summed E-state index contributed by atoms with van der Waals surface area (Å²) in [6.07, 6.45) is 0. The molecule has 0 saturated carbocycles. The van der Waals surface area contributed by atoms with Crippen LogP contribution in [0, 0.1) is 5.82 Å². The quantitative estimate of drug-likeness (QED) is 0.921. The Bertz CT molecular complexity index is 574. The van der Waals surface area contributed by atoms with Crippen molar-refractivity contribution in [1.29, 1.82) is 0 Å². The van der Waals surface area contributed by atoms with Crippen LogP contribution in [-0.4, -0.2) is 6.61 Å². The van der Waals surface area contributed by atoms with Crippen LogP contribution >= 0.6 is 15.9 Å². The third kappa shape index (κ3) is 3.14. The predicted molar refractivity (Wildman–Crippen MR) is 77.7 cm³/mol. The van der Waals surface area contributed by atoms with Gasteiger partial charge in [-0.25, -0.2) is 4.39 Å². The van der Waals surface area contributed by atoms with Crippen molar-refractivity contribution in [3.63, 3.8) is 0 Å². The van der Waals surface area contributed by atoms with E-state index in [1.54, 1.807) is 6.07 Å². The predicted octanol–water partition coefficient (Wildman–Crippen LogP) is 4.04. The maximum absolute atomic E-state index is 13.4. The van der Waals surface area contributed by atoms with Crippen LogP contribution in [0.3, 0.4) is 0 Å². The summed E-state index contributed by atoms with van der Waals surface area (Å²) in [6.45, 7) is 2.48. The fourth-order valence-electron chi connectivity index (χ4n) is 1.94. The van der Waals surface area contributed by atoms with Gasteiger partial charge in [-0.15, -0.1) is 0 Å². The standard InChI is InChI=1S/C15H15BrFNO/c1-2-19-14-6-4-3-5-11(14)15(18)12-9-10(17)7-8-13(12)16/h3-9,15H,2,18H2,1H3. The van der Waals surface area contributed by atoms with Crippen LogP contribution in [0.25, 0.3) is 0 Å². The van der Waals surface area contributed by atoms with E-state index in [0.717, 1.165) is 15.8 Å². The van der Waals surface area contributed by atoms with E-state index >= 15 is 0 Å². The summed E-state index contributed by atoms with van der Waals surface area (Å²) < 4.78 is 19.7. The largest absolute Gasteiger partial charge is 0.494 e. The minimum Gasteiger partial charge on any atom is -0.494 e.